The Morgan fingerprint density at radius 2 is 2.08 bits per heavy atom. The maximum absolute atomic E-state index is 14.0. The largest absolute Gasteiger partial charge is 0.362 e. The number of hydrogen-bond donors (Lipinski definition) is 0. The molecule has 0 spiro atoms. The molecule has 0 aliphatic carbocycles. The van der Waals surface area contributed by atoms with E-state index in [1.807, 2.05) is 18.2 Å². The molecule has 206 valence electrons. The third-order valence-corrected chi connectivity index (χ3v) is 9.34. The summed E-state index contributed by atoms with van der Waals surface area (Å²) in [6.45, 7) is 10.3. The van der Waals surface area contributed by atoms with E-state index in [2.05, 4.69) is 52.6 Å². The van der Waals surface area contributed by atoms with Crippen LogP contribution in [0.4, 0.5) is 4.39 Å². The zero-order chi connectivity index (χ0) is 27.4. The first-order valence-electron chi connectivity index (χ1n) is 13.5. The molecule has 1 unspecified atom stereocenters. The highest BCUT2D eigenvalue weighted by atomic mass is 35.5. The van der Waals surface area contributed by atoms with Gasteiger partial charge in [0.25, 0.3) is 0 Å². The van der Waals surface area contributed by atoms with Crippen molar-refractivity contribution in [2.75, 3.05) is 26.0 Å². The molecule has 5 rings (SSSR count). The summed E-state index contributed by atoms with van der Waals surface area (Å²) in [4.78, 5) is 11.7. The van der Waals surface area contributed by atoms with Gasteiger partial charge in [-0.05, 0) is 93.7 Å². The number of rotatable bonds is 10. The van der Waals surface area contributed by atoms with E-state index in [1.165, 1.54) is 17.1 Å². The molecule has 0 amide bonds. The van der Waals surface area contributed by atoms with Gasteiger partial charge < -0.3 is 9.30 Å². The molecule has 2 aliphatic heterocycles. The normalized spacial score (nSPS) is 21.1. The molecule has 2 fully saturated rings. The molecular formula is C31H36ClFN4OS. The lowest BCUT2D eigenvalue weighted by molar-refractivity contribution is -0.0873. The number of benzene rings is 2. The van der Waals surface area contributed by atoms with Gasteiger partial charge in [-0.1, -0.05) is 35.9 Å². The van der Waals surface area contributed by atoms with E-state index >= 15 is 0 Å². The average Bonchev–Trinajstić information content (AvgIpc) is 3.23. The zero-order valence-corrected chi connectivity index (χ0v) is 24.3. The number of likely N-dealkylation sites (tertiary alicyclic amines) is 1. The number of aromatic nitrogens is 2. The Balaban J connectivity index is 1.23. The molecule has 0 N–H and O–H groups in total. The number of aryl methyl sites for hydroxylation is 1. The Kier molecular flexibility index (Phi) is 8.92. The van der Waals surface area contributed by atoms with Gasteiger partial charge in [-0.25, -0.2) is 9.37 Å². The number of hydrogen-bond acceptors (Lipinski definition) is 5. The van der Waals surface area contributed by atoms with E-state index in [-0.39, 0.29) is 10.8 Å². The Hall–Kier alpha value is -2.45. The van der Waals surface area contributed by atoms with Crippen LogP contribution in [-0.2, 0) is 24.2 Å². The minimum absolute atomic E-state index is 0.150. The van der Waals surface area contributed by atoms with Crippen LogP contribution >= 0.6 is 23.4 Å². The summed E-state index contributed by atoms with van der Waals surface area (Å²) in [6, 6.07) is 11.3. The van der Waals surface area contributed by atoms with Crippen LogP contribution in [0, 0.1) is 18.7 Å². The molecule has 2 saturated heterocycles. The molecule has 1 atom stereocenters. The zero-order valence-electron chi connectivity index (χ0n) is 22.7. The van der Waals surface area contributed by atoms with Gasteiger partial charge in [0.1, 0.15) is 16.6 Å². The molecule has 3 heterocycles. The molecule has 39 heavy (non-hydrogen) atoms. The van der Waals surface area contributed by atoms with Crippen molar-refractivity contribution in [2.24, 2.45) is 10.9 Å². The number of allylic oxidation sites excluding steroid dienone is 4. The van der Waals surface area contributed by atoms with Crippen LogP contribution in [0.5, 0.6) is 0 Å². The summed E-state index contributed by atoms with van der Waals surface area (Å²) in [7, 11) is 0. The monoisotopic (exact) mass is 566 g/mol. The summed E-state index contributed by atoms with van der Waals surface area (Å²) < 4.78 is 22.4. The van der Waals surface area contributed by atoms with Gasteiger partial charge in [0, 0.05) is 23.1 Å². The predicted octanol–water partition coefficient (Wildman–Crippen LogP) is 7.21. The number of nitrogens with zero attached hydrogens (tertiary/aromatic N) is 4. The summed E-state index contributed by atoms with van der Waals surface area (Å²) in [6.07, 6.45) is 11.7. The number of piperidine rings is 1. The number of fused-ring (bicyclic) bond motifs is 1. The topological polar surface area (TPSA) is 42.7 Å². The average molecular weight is 567 g/mol. The fraction of sp³-hybridized carbons (Fsp3) is 0.419. The standard InChI is InChI=1S/C31H36ClFN4OS/c1-22-8-11-29-28(18-22)35-30(37(29)21-31(39-3)14-17-38-31)20-36-15-12-24(13-16-36)27(34-2)7-5-4-6-23-9-10-25(32)19-26(23)33/h4-5,7-11,18-19,24H,2,6,12-17,20-21H2,1,3H3/b5-4-,27-7-. The molecule has 2 aromatic carbocycles. The lowest BCUT2D eigenvalue weighted by Crippen LogP contribution is -2.44. The molecule has 8 heteroatoms. The van der Waals surface area contributed by atoms with Gasteiger partial charge in [-0.2, -0.15) is 0 Å². The fourth-order valence-corrected chi connectivity index (χ4v) is 6.37. The fourth-order valence-electron chi connectivity index (χ4n) is 5.46. The predicted molar refractivity (Wildman–Crippen MR) is 161 cm³/mol. The van der Waals surface area contributed by atoms with E-state index in [0.29, 0.717) is 22.9 Å². The summed E-state index contributed by atoms with van der Waals surface area (Å²) in [5.41, 5.74) is 5.08. The van der Waals surface area contributed by atoms with Crippen LogP contribution in [0.25, 0.3) is 11.0 Å². The number of ether oxygens (including phenoxy) is 1. The number of imidazole rings is 1. The third-order valence-electron chi connectivity index (χ3n) is 7.91. The molecule has 0 saturated carbocycles. The van der Waals surface area contributed by atoms with Crippen LogP contribution in [0.3, 0.4) is 0 Å². The highest BCUT2D eigenvalue weighted by Gasteiger charge is 2.39. The van der Waals surface area contributed by atoms with Gasteiger partial charge in [0.05, 0.1) is 30.7 Å². The molecule has 1 aromatic heterocycles. The highest BCUT2D eigenvalue weighted by molar-refractivity contribution is 7.99. The molecular weight excluding hydrogens is 531 g/mol. The van der Waals surface area contributed by atoms with Crippen molar-refractivity contribution in [1.29, 1.82) is 0 Å². The third kappa shape index (κ3) is 6.49. The second-order valence-electron chi connectivity index (χ2n) is 10.5. The first-order valence-corrected chi connectivity index (χ1v) is 15.1. The van der Waals surface area contributed by atoms with Crippen LogP contribution in [0.15, 0.2) is 65.3 Å². The Bertz CT molecular complexity index is 1380. The lowest BCUT2D eigenvalue weighted by Gasteiger charge is -2.41. The second-order valence-corrected chi connectivity index (χ2v) is 12.1. The quantitative estimate of drug-likeness (QED) is 0.192. The first-order chi connectivity index (χ1) is 18.9. The molecule has 3 aromatic rings. The van der Waals surface area contributed by atoms with Crippen molar-refractivity contribution in [1.82, 2.24) is 14.5 Å². The maximum atomic E-state index is 14.0. The van der Waals surface area contributed by atoms with Crippen molar-refractivity contribution in [3.05, 3.63) is 88.1 Å². The number of thioether (sulfide) groups is 1. The van der Waals surface area contributed by atoms with Gasteiger partial charge in [-0.3, -0.25) is 9.89 Å². The molecule has 0 radical (unpaired) electrons. The highest BCUT2D eigenvalue weighted by Crippen LogP contribution is 2.39. The Labute approximate surface area is 239 Å². The van der Waals surface area contributed by atoms with Crippen molar-refractivity contribution >= 4 is 41.1 Å². The SMILES string of the molecule is C=N/C(=C\C=C/Cc1ccc(Cl)cc1F)C1CCN(Cc2nc3cc(C)ccc3n2CC2(SC)CCO2)CC1. The van der Waals surface area contributed by atoms with Crippen LogP contribution < -0.4 is 0 Å². The van der Waals surface area contributed by atoms with Crippen LogP contribution in [-0.4, -0.2) is 52.1 Å². The van der Waals surface area contributed by atoms with Crippen LogP contribution in [0.1, 0.15) is 36.2 Å². The van der Waals surface area contributed by atoms with E-state index in [1.54, 1.807) is 23.9 Å². The van der Waals surface area contributed by atoms with Crippen molar-refractivity contribution in [3.8, 4) is 0 Å². The number of halogens is 2. The first kappa shape index (κ1) is 28.1. The van der Waals surface area contributed by atoms with Gasteiger partial charge in [0.2, 0.25) is 0 Å². The van der Waals surface area contributed by atoms with E-state index in [0.717, 1.165) is 69.1 Å². The van der Waals surface area contributed by atoms with E-state index < -0.39 is 0 Å². The van der Waals surface area contributed by atoms with Gasteiger partial charge in [0.15, 0.2) is 0 Å². The van der Waals surface area contributed by atoms with E-state index in [9.17, 15) is 4.39 Å². The number of aliphatic imine (C=N–C) groups is 1. The van der Waals surface area contributed by atoms with Gasteiger partial charge in [-0.15, -0.1) is 11.8 Å². The smallest absolute Gasteiger partial charge is 0.133 e. The maximum Gasteiger partial charge on any atom is 0.133 e. The van der Waals surface area contributed by atoms with E-state index in [4.69, 9.17) is 21.3 Å². The van der Waals surface area contributed by atoms with Gasteiger partial charge >= 0.3 is 0 Å². The second kappa shape index (κ2) is 12.4. The summed E-state index contributed by atoms with van der Waals surface area (Å²) >= 11 is 7.65. The molecule has 0 bridgehead atoms. The van der Waals surface area contributed by atoms with Crippen molar-refractivity contribution in [2.45, 2.75) is 50.6 Å². The lowest BCUT2D eigenvalue weighted by atomic mass is 9.93. The minimum atomic E-state index is -0.280. The van der Waals surface area contributed by atoms with Crippen LogP contribution in [0.2, 0.25) is 5.02 Å². The summed E-state index contributed by atoms with van der Waals surface area (Å²) in [5.74, 6) is 1.19. The van der Waals surface area contributed by atoms with Crippen molar-refractivity contribution in [3.63, 3.8) is 0 Å². The minimum Gasteiger partial charge on any atom is -0.362 e. The Morgan fingerprint density at radius 3 is 2.74 bits per heavy atom. The molecule has 5 nitrogen and oxygen atoms in total. The Morgan fingerprint density at radius 1 is 1.28 bits per heavy atom. The summed E-state index contributed by atoms with van der Waals surface area (Å²) in [5, 5.41) is 0.410. The van der Waals surface area contributed by atoms with Crippen molar-refractivity contribution < 1.29 is 9.13 Å². The molecule has 2 aliphatic rings.